The molecule has 2 heteroatoms. The molecule has 1 nitrogen and oxygen atoms in total. The van der Waals surface area contributed by atoms with Crippen molar-refractivity contribution < 1.29 is 0 Å². The van der Waals surface area contributed by atoms with Gasteiger partial charge in [0.15, 0.2) is 0 Å². The van der Waals surface area contributed by atoms with E-state index < -0.39 is 0 Å². The molecule has 0 saturated heterocycles. The number of rotatable bonds is 3. The lowest BCUT2D eigenvalue weighted by molar-refractivity contribution is 0.766. The maximum atomic E-state index is 2.54. The zero-order valence-electron chi connectivity index (χ0n) is 13.4. The second-order valence-electron chi connectivity index (χ2n) is 6.56. The normalized spacial score (nSPS) is 12.5. The molecule has 0 amide bonds. The highest BCUT2D eigenvalue weighted by Crippen LogP contribution is 2.38. The van der Waals surface area contributed by atoms with Gasteiger partial charge in [0.2, 0.25) is 0 Å². The summed E-state index contributed by atoms with van der Waals surface area (Å²) in [6.07, 6.45) is 0. The minimum Gasteiger partial charge on any atom is -0.380 e. The van der Waals surface area contributed by atoms with Crippen molar-refractivity contribution in [2.24, 2.45) is 0 Å². The van der Waals surface area contributed by atoms with Crippen LogP contribution in [0.4, 0.5) is 0 Å². The minimum absolute atomic E-state index is 0.588. The third kappa shape index (κ3) is 2.27. The van der Waals surface area contributed by atoms with Gasteiger partial charge in [0.05, 0.1) is 0 Å². The third-order valence-electron chi connectivity index (χ3n) is 4.09. The molecule has 0 aliphatic rings. The van der Waals surface area contributed by atoms with Crippen LogP contribution in [0.2, 0.25) is 0 Å². The Kier molecular flexibility index (Phi) is 3.91. The standard InChI is InChI=1S/C17H27NSi/c1-10(2)13-8-7-9-14-16(13)15(11(3)4)17(12(5)6)18(14)19/h7-12H,1-6,19H3. The van der Waals surface area contributed by atoms with Gasteiger partial charge in [-0.05, 0) is 34.9 Å². The van der Waals surface area contributed by atoms with Gasteiger partial charge in [-0.3, -0.25) is 0 Å². The highest BCUT2D eigenvalue weighted by atomic mass is 28.2. The van der Waals surface area contributed by atoms with E-state index in [0.717, 1.165) is 10.4 Å². The van der Waals surface area contributed by atoms with Crippen LogP contribution in [0.5, 0.6) is 0 Å². The zero-order chi connectivity index (χ0) is 14.3. The van der Waals surface area contributed by atoms with Gasteiger partial charge >= 0.3 is 0 Å². The van der Waals surface area contributed by atoms with E-state index in [9.17, 15) is 0 Å². The topological polar surface area (TPSA) is 4.93 Å². The van der Waals surface area contributed by atoms with Crippen LogP contribution < -0.4 is 0 Å². The van der Waals surface area contributed by atoms with Crippen molar-refractivity contribution in [2.75, 3.05) is 0 Å². The van der Waals surface area contributed by atoms with Gasteiger partial charge in [-0.15, -0.1) is 0 Å². The second-order valence-corrected chi connectivity index (χ2v) is 7.46. The molecular weight excluding hydrogens is 246 g/mol. The molecule has 0 aliphatic carbocycles. The number of hydrogen-bond donors (Lipinski definition) is 0. The monoisotopic (exact) mass is 273 g/mol. The Balaban J connectivity index is 2.95. The molecule has 0 unspecified atom stereocenters. The molecule has 19 heavy (non-hydrogen) atoms. The van der Waals surface area contributed by atoms with Gasteiger partial charge < -0.3 is 4.23 Å². The summed E-state index contributed by atoms with van der Waals surface area (Å²) in [4.78, 5) is 0. The van der Waals surface area contributed by atoms with Gasteiger partial charge in [-0.25, -0.2) is 0 Å². The first kappa shape index (κ1) is 14.4. The summed E-state index contributed by atoms with van der Waals surface area (Å²) >= 11 is 0. The molecule has 0 fully saturated rings. The van der Waals surface area contributed by atoms with E-state index in [1.54, 1.807) is 11.3 Å². The molecule has 0 bridgehead atoms. The average molecular weight is 273 g/mol. The van der Waals surface area contributed by atoms with E-state index in [1.807, 2.05) is 0 Å². The molecule has 1 aromatic carbocycles. The molecular formula is C17H27NSi. The zero-order valence-corrected chi connectivity index (χ0v) is 15.4. The Morgan fingerprint density at radius 2 is 1.53 bits per heavy atom. The largest absolute Gasteiger partial charge is 0.380 e. The fourth-order valence-electron chi connectivity index (χ4n) is 3.33. The lowest BCUT2D eigenvalue weighted by Crippen LogP contribution is -2.04. The Hall–Kier alpha value is -1.02. The van der Waals surface area contributed by atoms with Crippen LogP contribution in [0.15, 0.2) is 18.2 Å². The van der Waals surface area contributed by atoms with Crippen LogP contribution in [0, 0.1) is 0 Å². The van der Waals surface area contributed by atoms with Crippen molar-refractivity contribution >= 4 is 21.3 Å². The van der Waals surface area contributed by atoms with E-state index in [-0.39, 0.29) is 0 Å². The number of benzene rings is 1. The van der Waals surface area contributed by atoms with Crippen LogP contribution >= 0.6 is 0 Å². The first-order valence-corrected chi connectivity index (χ1v) is 8.36. The summed E-state index contributed by atoms with van der Waals surface area (Å²) in [5.74, 6) is 1.78. The highest BCUT2D eigenvalue weighted by Gasteiger charge is 2.21. The molecule has 0 saturated carbocycles. The number of hydrogen-bond acceptors (Lipinski definition) is 0. The first-order chi connectivity index (χ1) is 8.86. The maximum Gasteiger partial charge on any atom is 0.113 e. The minimum atomic E-state index is 0.588. The molecule has 0 aliphatic heterocycles. The summed E-state index contributed by atoms with van der Waals surface area (Å²) in [6, 6.07) is 6.83. The van der Waals surface area contributed by atoms with E-state index in [0.29, 0.717) is 17.8 Å². The molecule has 104 valence electrons. The van der Waals surface area contributed by atoms with Crippen molar-refractivity contribution in [1.29, 1.82) is 0 Å². The van der Waals surface area contributed by atoms with Crippen LogP contribution in [0.1, 0.15) is 76.1 Å². The van der Waals surface area contributed by atoms with Crippen molar-refractivity contribution in [1.82, 2.24) is 4.23 Å². The van der Waals surface area contributed by atoms with Crippen LogP contribution in [0.25, 0.3) is 10.9 Å². The predicted octanol–water partition coefficient (Wildman–Crippen LogP) is 4.14. The molecule has 1 heterocycles. The fourth-order valence-corrected chi connectivity index (χ4v) is 4.46. The molecule has 0 radical (unpaired) electrons. The van der Waals surface area contributed by atoms with Gasteiger partial charge in [-0.2, -0.15) is 0 Å². The molecule has 0 N–H and O–H groups in total. The van der Waals surface area contributed by atoms with E-state index >= 15 is 0 Å². The SMILES string of the molecule is CC(C)c1cccc2c1c(C(C)C)c(C(C)C)n2[SiH3]. The maximum absolute atomic E-state index is 2.54. The smallest absolute Gasteiger partial charge is 0.113 e. The van der Waals surface area contributed by atoms with Crippen molar-refractivity contribution in [2.45, 2.75) is 59.3 Å². The molecule has 2 aromatic rings. The second kappa shape index (κ2) is 5.16. The lowest BCUT2D eigenvalue weighted by atomic mass is 9.90. The Bertz CT molecular complexity index is 591. The van der Waals surface area contributed by atoms with E-state index in [1.165, 1.54) is 16.5 Å². The van der Waals surface area contributed by atoms with Gasteiger partial charge in [0, 0.05) is 16.6 Å². The average Bonchev–Trinajstić information content (AvgIpc) is 2.63. The van der Waals surface area contributed by atoms with E-state index in [4.69, 9.17) is 0 Å². The van der Waals surface area contributed by atoms with Crippen molar-refractivity contribution in [3.63, 3.8) is 0 Å². The number of aromatic nitrogens is 1. The lowest BCUT2D eigenvalue weighted by Gasteiger charge is -2.15. The molecule has 0 atom stereocenters. The predicted molar refractivity (Wildman–Crippen MR) is 89.5 cm³/mol. The highest BCUT2D eigenvalue weighted by molar-refractivity contribution is 6.13. The number of fused-ring (bicyclic) bond motifs is 1. The Morgan fingerprint density at radius 1 is 0.895 bits per heavy atom. The summed E-state index contributed by atoms with van der Waals surface area (Å²) in [6.45, 7) is 13.9. The first-order valence-electron chi connectivity index (χ1n) is 7.47. The Morgan fingerprint density at radius 3 is 2.00 bits per heavy atom. The van der Waals surface area contributed by atoms with Gasteiger partial charge in [0.1, 0.15) is 10.4 Å². The van der Waals surface area contributed by atoms with Crippen molar-refractivity contribution in [3.8, 4) is 0 Å². The summed E-state index contributed by atoms with van der Waals surface area (Å²) < 4.78 is 2.54. The molecule has 0 spiro atoms. The van der Waals surface area contributed by atoms with Crippen molar-refractivity contribution in [3.05, 3.63) is 35.0 Å². The van der Waals surface area contributed by atoms with Crippen LogP contribution in [-0.2, 0) is 0 Å². The van der Waals surface area contributed by atoms with Gasteiger partial charge in [-0.1, -0.05) is 53.7 Å². The van der Waals surface area contributed by atoms with Crippen LogP contribution in [0.3, 0.4) is 0 Å². The van der Waals surface area contributed by atoms with Crippen LogP contribution in [-0.4, -0.2) is 14.6 Å². The quantitative estimate of drug-likeness (QED) is 0.741. The summed E-state index contributed by atoms with van der Waals surface area (Å²) in [5.41, 5.74) is 6.11. The third-order valence-corrected chi connectivity index (χ3v) is 5.05. The fraction of sp³-hybridized carbons (Fsp3) is 0.529. The molecule has 1 aromatic heterocycles. The van der Waals surface area contributed by atoms with Gasteiger partial charge in [0.25, 0.3) is 0 Å². The Labute approximate surface area is 120 Å². The summed E-state index contributed by atoms with van der Waals surface area (Å²) in [7, 11) is 1.06. The summed E-state index contributed by atoms with van der Waals surface area (Å²) in [5, 5.41) is 1.53. The van der Waals surface area contributed by atoms with E-state index in [2.05, 4.69) is 64.0 Å². The molecule has 2 rings (SSSR count). The number of nitrogens with zero attached hydrogens (tertiary/aromatic N) is 1.